The summed E-state index contributed by atoms with van der Waals surface area (Å²) in [5.41, 5.74) is 10.1. The number of carbonyl (C=O) groups excluding carboxylic acids is 4. The van der Waals surface area contributed by atoms with Gasteiger partial charge in [0.1, 0.15) is 0 Å². The van der Waals surface area contributed by atoms with Gasteiger partial charge >= 0.3 is 0 Å². The molecule has 0 bridgehead atoms. The van der Waals surface area contributed by atoms with E-state index in [2.05, 4.69) is 10.6 Å². The van der Waals surface area contributed by atoms with Crippen LogP contribution in [0.4, 0.5) is 11.4 Å². The molecule has 0 fully saturated rings. The number of hydrogen-bond donors (Lipinski definition) is 2. The topological polar surface area (TPSA) is 118 Å². The van der Waals surface area contributed by atoms with Crippen molar-refractivity contribution < 1.29 is 19.2 Å². The summed E-state index contributed by atoms with van der Waals surface area (Å²) in [4.78, 5) is 55.3. The summed E-state index contributed by atoms with van der Waals surface area (Å²) in [6.45, 7) is 0.687. The standard InChI is InChI=1S/C44H24N4O4S2/c49-39-25-9-3-1-7-23(25)37-33-29(39)15-13-21(43(33)53-47-37)19-45-31-17-18-32(36-35(31)41(51)27-11-5-6-12-28(27)42(36)52)46-20-22-14-16-30-34-38(48-54-44(22)34)24-8-2-4-10-26(24)40(30)50/h1-18,45-46H,19-20H2. The Morgan fingerprint density at radius 2 is 0.778 bits per heavy atom. The molecule has 2 N–H and O–H groups in total. The molecule has 2 heterocycles. The molecule has 6 aromatic carbocycles. The average molecular weight is 737 g/mol. The molecule has 0 amide bonds. The van der Waals surface area contributed by atoms with Gasteiger partial charge in [-0.3, -0.25) is 19.2 Å². The van der Waals surface area contributed by atoms with E-state index >= 15 is 0 Å². The Kier molecular flexibility index (Phi) is 6.56. The molecule has 10 heteroatoms. The molecule has 8 aromatic rings. The van der Waals surface area contributed by atoms with Crippen molar-refractivity contribution in [2.45, 2.75) is 13.1 Å². The van der Waals surface area contributed by atoms with Crippen molar-refractivity contribution in [3.05, 3.63) is 165 Å². The second-order valence-corrected chi connectivity index (χ2v) is 15.1. The number of benzene rings is 6. The highest BCUT2D eigenvalue weighted by atomic mass is 32.1. The minimum Gasteiger partial charge on any atom is -0.380 e. The fraction of sp³-hybridized carbons (Fsp3) is 0.0455. The molecule has 8 nitrogen and oxygen atoms in total. The summed E-state index contributed by atoms with van der Waals surface area (Å²) < 4.78 is 11.4. The summed E-state index contributed by atoms with van der Waals surface area (Å²) in [7, 11) is 0. The highest BCUT2D eigenvalue weighted by molar-refractivity contribution is 7.14. The van der Waals surface area contributed by atoms with Crippen LogP contribution in [0.5, 0.6) is 0 Å². The summed E-state index contributed by atoms with van der Waals surface area (Å²) >= 11 is 2.71. The van der Waals surface area contributed by atoms with Gasteiger partial charge in [-0.1, -0.05) is 84.9 Å². The first kappa shape index (κ1) is 31.0. The zero-order chi connectivity index (χ0) is 36.2. The largest absolute Gasteiger partial charge is 0.380 e. The minimum atomic E-state index is -0.235. The lowest BCUT2D eigenvalue weighted by molar-refractivity contribution is 0.0980. The van der Waals surface area contributed by atoms with E-state index < -0.39 is 0 Å². The van der Waals surface area contributed by atoms with Crippen LogP contribution >= 0.6 is 23.1 Å². The van der Waals surface area contributed by atoms with E-state index in [1.54, 1.807) is 24.3 Å². The first-order valence-electron chi connectivity index (χ1n) is 17.4. The number of anilines is 2. The molecule has 0 saturated heterocycles. The van der Waals surface area contributed by atoms with Crippen LogP contribution in [0.3, 0.4) is 0 Å². The molecule has 0 unspecified atom stereocenters. The van der Waals surface area contributed by atoms with Gasteiger partial charge in [0.15, 0.2) is 23.1 Å². The van der Waals surface area contributed by atoms with Crippen LogP contribution in [-0.2, 0) is 13.1 Å². The maximum atomic E-state index is 14.3. The molecule has 3 aliphatic carbocycles. The molecule has 0 saturated carbocycles. The maximum absolute atomic E-state index is 14.3. The maximum Gasteiger partial charge on any atom is 0.196 e. The number of aromatic nitrogens is 2. The van der Waals surface area contributed by atoms with Crippen LogP contribution in [0.25, 0.3) is 42.7 Å². The Morgan fingerprint density at radius 1 is 0.407 bits per heavy atom. The van der Waals surface area contributed by atoms with Gasteiger partial charge in [0, 0.05) is 79.7 Å². The van der Waals surface area contributed by atoms with Gasteiger partial charge in [-0.2, -0.15) is 8.75 Å². The summed E-state index contributed by atoms with van der Waals surface area (Å²) in [5.74, 6) is -0.502. The summed E-state index contributed by atoms with van der Waals surface area (Å²) in [5, 5.41) is 8.64. The van der Waals surface area contributed by atoms with Crippen LogP contribution in [0, 0.1) is 0 Å². The van der Waals surface area contributed by atoms with Gasteiger partial charge in [-0.15, -0.1) is 0 Å². The fourth-order valence-electron chi connectivity index (χ4n) is 8.19. The SMILES string of the molecule is O=C1c2ccccc2C(=O)c2c(NCc3ccc4c5c(nsc35)-c3ccccc3C4=O)ccc(NCc3ccc4c5c(nsc35)-c3ccccc3C4=O)c21. The van der Waals surface area contributed by atoms with Gasteiger partial charge < -0.3 is 10.6 Å². The summed E-state index contributed by atoms with van der Waals surface area (Å²) in [6, 6.07) is 33.3. The van der Waals surface area contributed by atoms with Gasteiger partial charge in [-0.25, -0.2) is 0 Å². The Balaban J connectivity index is 0.961. The predicted molar refractivity (Wildman–Crippen MR) is 211 cm³/mol. The van der Waals surface area contributed by atoms with Crippen molar-refractivity contribution in [2.24, 2.45) is 0 Å². The molecule has 0 spiro atoms. The number of carbonyl (C=O) groups is 4. The Bertz CT molecular complexity index is 2850. The lowest BCUT2D eigenvalue weighted by Gasteiger charge is -2.24. The van der Waals surface area contributed by atoms with Crippen molar-refractivity contribution in [1.82, 2.24) is 8.75 Å². The molecule has 54 heavy (non-hydrogen) atoms. The number of ketones is 4. The zero-order valence-electron chi connectivity index (χ0n) is 28.2. The lowest BCUT2D eigenvalue weighted by atomic mass is 9.82. The van der Waals surface area contributed by atoms with Crippen molar-refractivity contribution in [1.29, 1.82) is 0 Å². The number of rotatable bonds is 6. The minimum absolute atomic E-state index is 0.0164. The molecule has 11 rings (SSSR count). The number of hydrogen-bond acceptors (Lipinski definition) is 10. The molecular formula is C44H24N4O4S2. The van der Waals surface area contributed by atoms with Gasteiger partial charge in [0.25, 0.3) is 0 Å². The van der Waals surface area contributed by atoms with Crippen molar-refractivity contribution in [2.75, 3.05) is 10.6 Å². The van der Waals surface area contributed by atoms with E-state index in [1.165, 1.54) is 23.1 Å². The smallest absolute Gasteiger partial charge is 0.196 e. The molecule has 0 atom stereocenters. The highest BCUT2D eigenvalue weighted by Gasteiger charge is 2.35. The lowest BCUT2D eigenvalue weighted by Crippen LogP contribution is -2.24. The normalized spacial score (nSPS) is 13.5. The fourth-order valence-corrected chi connectivity index (χ4v) is 10.0. The van der Waals surface area contributed by atoms with Crippen LogP contribution in [-0.4, -0.2) is 31.9 Å². The third-order valence-corrected chi connectivity index (χ3v) is 12.6. The number of nitrogens with zero attached hydrogens (tertiary/aromatic N) is 2. The second-order valence-electron chi connectivity index (χ2n) is 13.6. The average Bonchev–Trinajstić information content (AvgIpc) is 3.87. The van der Waals surface area contributed by atoms with Crippen molar-refractivity contribution >= 4 is 77.7 Å². The zero-order valence-corrected chi connectivity index (χ0v) is 29.8. The van der Waals surface area contributed by atoms with E-state index in [9.17, 15) is 19.2 Å². The second kappa shape index (κ2) is 11.4. The third-order valence-electron chi connectivity index (χ3n) is 10.8. The van der Waals surface area contributed by atoms with E-state index in [0.717, 1.165) is 53.8 Å². The first-order chi connectivity index (χ1) is 26.5. The van der Waals surface area contributed by atoms with E-state index in [1.807, 2.05) is 84.9 Å². The third kappa shape index (κ3) is 4.23. The van der Waals surface area contributed by atoms with E-state index in [-0.39, 0.29) is 23.1 Å². The molecule has 3 aliphatic rings. The molecule has 0 radical (unpaired) electrons. The monoisotopic (exact) mass is 736 g/mol. The predicted octanol–water partition coefficient (Wildman–Crippen LogP) is 9.33. The van der Waals surface area contributed by atoms with Crippen molar-refractivity contribution in [3.8, 4) is 22.5 Å². The summed E-state index contributed by atoms with van der Waals surface area (Å²) in [6.07, 6.45) is 0. The molecule has 0 aliphatic heterocycles. The molecule has 256 valence electrons. The Morgan fingerprint density at radius 3 is 1.19 bits per heavy atom. The quantitative estimate of drug-likeness (QED) is 0.174. The van der Waals surface area contributed by atoms with Crippen LogP contribution in [0.1, 0.15) is 74.8 Å². The number of nitrogens with one attached hydrogen (secondary N) is 2. The van der Waals surface area contributed by atoms with Gasteiger partial charge in [-0.05, 0) is 58.5 Å². The molecular weight excluding hydrogens is 713 g/mol. The van der Waals surface area contributed by atoms with Gasteiger partial charge in [0.2, 0.25) is 0 Å². The first-order valence-corrected chi connectivity index (χ1v) is 19.0. The van der Waals surface area contributed by atoms with Crippen LogP contribution in [0.15, 0.2) is 109 Å². The van der Waals surface area contributed by atoms with Gasteiger partial charge in [0.05, 0.1) is 31.9 Å². The van der Waals surface area contributed by atoms with E-state index in [4.69, 9.17) is 8.75 Å². The Hall–Kier alpha value is -6.62. The Labute approximate surface area is 315 Å². The number of fused-ring (bicyclic) bond motifs is 6. The van der Waals surface area contributed by atoms with Crippen molar-refractivity contribution in [3.63, 3.8) is 0 Å². The molecule has 2 aromatic heterocycles. The van der Waals surface area contributed by atoms with Crippen LogP contribution in [0.2, 0.25) is 0 Å². The van der Waals surface area contributed by atoms with E-state index in [0.29, 0.717) is 69.0 Å². The van der Waals surface area contributed by atoms with Crippen LogP contribution < -0.4 is 10.6 Å². The highest BCUT2D eigenvalue weighted by Crippen LogP contribution is 2.44.